The molecule has 5 N–H and O–H groups in total. The Morgan fingerprint density at radius 3 is 2.54 bits per heavy atom. The summed E-state index contributed by atoms with van der Waals surface area (Å²) in [4.78, 5) is 22.2. The van der Waals surface area contributed by atoms with Gasteiger partial charge in [0.1, 0.15) is 11.6 Å². The molecule has 3 aromatic rings. The Labute approximate surface area is 236 Å². The maximum atomic E-state index is 15.6. The van der Waals surface area contributed by atoms with Crippen LogP contribution in [0, 0.1) is 17.0 Å². The second kappa shape index (κ2) is 11.4. The van der Waals surface area contributed by atoms with E-state index in [1.54, 1.807) is 6.07 Å². The average Bonchev–Trinajstić information content (AvgIpc) is 3.13. The lowest BCUT2D eigenvalue weighted by Gasteiger charge is -2.40. The molecule has 11 heteroatoms. The van der Waals surface area contributed by atoms with Crippen LogP contribution in [-0.2, 0) is 16.8 Å². The van der Waals surface area contributed by atoms with Crippen LogP contribution in [0.4, 0.5) is 14.6 Å². The highest BCUT2D eigenvalue weighted by Crippen LogP contribution is 2.50. The van der Waals surface area contributed by atoms with Crippen molar-refractivity contribution in [3.63, 3.8) is 0 Å². The van der Waals surface area contributed by atoms with Crippen LogP contribution in [0.1, 0.15) is 49.9 Å². The van der Waals surface area contributed by atoms with Crippen molar-refractivity contribution in [3.05, 3.63) is 87.3 Å². The molecule has 2 aromatic carbocycles. The van der Waals surface area contributed by atoms with Crippen molar-refractivity contribution in [1.29, 1.82) is 0 Å². The Balaban J connectivity index is 1.85. The highest BCUT2D eigenvalue weighted by molar-refractivity contribution is 6.31. The predicted octanol–water partition coefficient (Wildman–Crippen LogP) is 4.95. The van der Waals surface area contributed by atoms with Crippen LogP contribution in [0.15, 0.2) is 48.8 Å². The van der Waals surface area contributed by atoms with Crippen molar-refractivity contribution in [3.8, 4) is 0 Å². The molecule has 1 fully saturated rings. The lowest BCUT2D eigenvalue weighted by molar-refractivity contribution is -0.118. The molecule has 0 spiro atoms. The molecule has 0 saturated carbocycles. The molecule has 39 heavy (non-hydrogen) atoms. The molecule has 7 nitrogen and oxygen atoms in total. The molecule has 4 atom stereocenters. The van der Waals surface area contributed by atoms with Crippen LogP contribution in [0.3, 0.4) is 0 Å². The normalized spacial score (nSPS) is 23.2. The topological polar surface area (TPSA) is 113 Å². The van der Waals surface area contributed by atoms with Crippen molar-refractivity contribution in [2.45, 2.75) is 57.2 Å². The Morgan fingerprint density at radius 1 is 1.18 bits per heavy atom. The highest BCUT2D eigenvalue weighted by Gasteiger charge is 2.58. The van der Waals surface area contributed by atoms with Crippen molar-refractivity contribution >= 4 is 34.9 Å². The third kappa shape index (κ3) is 6.07. The van der Waals surface area contributed by atoms with Crippen molar-refractivity contribution in [2.75, 3.05) is 11.9 Å². The summed E-state index contributed by atoms with van der Waals surface area (Å²) < 4.78 is 31.2. The molecule has 208 valence electrons. The molecule has 1 aliphatic heterocycles. The number of hydrogen-bond donors (Lipinski definition) is 4. The van der Waals surface area contributed by atoms with Gasteiger partial charge in [-0.05, 0) is 35.6 Å². The average molecular weight is 578 g/mol. The van der Waals surface area contributed by atoms with Crippen LogP contribution in [0.5, 0.6) is 0 Å². The van der Waals surface area contributed by atoms with E-state index < -0.39 is 41.1 Å². The number of anilines is 1. The quantitative estimate of drug-likeness (QED) is 0.316. The van der Waals surface area contributed by atoms with Gasteiger partial charge in [0.25, 0.3) is 0 Å². The van der Waals surface area contributed by atoms with Gasteiger partial charge in [0.15, 0.2) is 5.82 Å². The zero-order chi connectivity index (χ0) is 28.5. The summed E-state index contributed by atoms with van der Waals surface area (Å²) in [6.45, 7) is 5.91. The summed E-state index contributed by atoms with van der Waals surface area (Å²) in [5.41, 5.74) is 6.03. The molecule has 1 saturated heterocycles. The minimum absolute atomic E-state index is 0.0767. The lowest BCUT2D eigenvalue weighted by Crippen LogP contribution is -2.52. The standard InChI is InChI=1S/C28H31Cl2F2N5O2/c1-27(2,3)12-21-28(33,18-8-7-15(29)11-20(18)31)23(17-5-4-6-19(30)24(17)32)25(36-21)26(39)37-22-14-34-16(9-10-38)13-35-22/h4-8,11,13-14,21,23,25,36,38H,9-10,12,33H2,1-3H3,(H,35,37,39). The van der Waals surface area contributed by atoms with E-state index >= 15 is 8.78 Å². The summed E-state index contributed by atoms with van der Waals surface area (Å²) in [5.74, 6) is -2.86. The fourth-order valence-electron chi connectivity index (χ4n) is 5.27. The van der Waals surface area contributed by atoms with E-state index in [-0.39, 0.29) is 39.0 Å². The molecule has 4 unspecified atom stereocenters. The van der Waals surface area contributed by atoms with Crippen molar-refractivity contribution in [1.82, 2.24) is 15.3 Å². The first-order valence-corrected chi connectivity index (χ1v) is 13.3. The predicted molar refractivity (Wildman–Crippen MR) is 148 cm³/mol. The van der Waals surface area contributed by atoms with E-state index in [1.807, 2.05) is 20.8 Å². The van der Waals surface area contributed by atoms with Gasteiger partial charge in [0.05, 0.1) is 34.7 Å². The molecule has 4 rings (SSSR count). The first-order valence-electron chi connectivity index (χ1n) is 12.5. The monoisotopic (exact) mass is 577 g/mol. The number of amides is 1. The number of halogens is 4. The molecular formula is C28H31Cl2F2N5O2. The van der Waals surface area contributed by atoms with E-state index in [1.165, 1.54) is 36.7 Å². The van der Waals surface area contributed by atoms with Gasteiger partial charge in [0, 0.05) is 35.6 Å². The molecule has 0 radical (unpaired) electrons. The largest absolute Gasteiger partial charge is 0.396 e. The van der Waals surface area contributed by atoms with Crippen LogP contribution < -0.4 is 16.4 Å². The number of rotatable bonds is 7. The van der Waals surface area contributed by atoms with Crippen LogP contribution in [-0.4, -0.2) is 39.7 Å². The number of nitrogens with two attached hydrogens (primary N) is 1. The Morgan fingerprint density at radius 2 is 1.92 bits per heavy atom. The summed E-state index contributed by atoms with van der Waals surface area (Å²) in [6.07, 6.45) is 3.57. The molecule has 0 bridgehead atoms. The van der Waals surface area contributed by atoms with Crippen molar-refractivity contribution < 1.29 is 18.7 Å². The van der Waals surface area contributed by atoms with Gasteiger partial charge >= 0.3 is 0 Å². The summed E-state index contributed by atoms with van der Waals surface area (Å²) >= 11 is 12.2. The SMILES string of the molecule is CC(C)(C)CC1NC(C(=O)Nc2cnc(CCO)cn2)C(c2cccc(Cl)c2F)C1(N)c1ccc(Cl)cc1F. The smallest absolute Gasteiger partial charge is 0.243 e. The number of aromatic nitrogens is 2. The Hall–Kier alpha value is -2.69. The lowest BCUT2D eigenvalue weighted by atomic mass is 9.68. The summed E-state index contributed by atoms with van der Waals surface area (Å²) in [7, 11) is 0. The number of nitrogens with one attached hydrogen (secondary N) is 2. The number of aliphatic hydroxyl groups excluding tert-OH is 1. The fourth-order valence-corrected chi connectivity index (χ4v) is 5.61. The number of aliphatic hydroxyl groups is 1. The van der Waals surface area contributed by atoms with Gasteiger partial charge < -0.3 is 21.5 Å². The van der Waals surface area contributed by atoms with E-state index in [0.29, 0.717) is 18.5 Å². The number of hydrogen-bond acceptors (Lipinski definition) is 6. The first-order chi connectivity index (χ1) is 18.3. The minimum Gasteiger partial charge on any atom is -0.396 e. The number of carbonyl (C=O) groups is 1. The zero-order valence-electron chi connectivity index (χ0n) is 21.8. The van der Waals surface area contributed by atoms with E-state index in [2.05, 4.69) is 20.6 Å². The number of benzene rings is 2. The molecule has 1 amide bonds. The van der Waals surface area contributed by atoms with Gasteiger partial charge in [-0.3, -0.25) is 9.78 Å². The molecular weight excluding hydrogens is 547 g/mol. The maximum Gasteiger partial charge on any atom is 0.243 e. The van der Waals surface area contributed by atoms with Crippen LogP contribution in [0.2, 0.25) is 10.0 Å². The summed E-state index contributed by atoms with van der Waals surface area (Å²) in [6, 6.07) is 6.89. The minimum atomic E-state index is -1.58. The van der Waals surface area contributed by atoms with Gasteiger partial charge in [-0.15, -0.1) is 0 Å². The van der Waals surface area contributed by atoms with Crippen molar-refractivity contribution in [2.24, 2.45) is 11.1 Å². The third-order valence-corrected chi connectivity index (χ3v) is 7.47. The van der Waals surface area contributed by atoms with Crippen LogP contribution >= 0.6 is 23.2 Å². The molecule has 1 aliphatic rings. The Bertz CT molecular complexity index is 1350. The third-order valence-electron chi connectivity index (χ3n) is 6.94. The highest BCUT2D eigenvalue weighted by atomic mass is 35.5. The summed E-state index contributed by atoms with van der Waals surface area (Å²) in [5, 5.41) is 15.2. The number of carbonyl (C=O) groups excluding carboxylic acids is 1. The second-order valence-electron chi connectivity index (χ2n) is 11.0. The van der Waals surface area contributed by atoms with Gasteiger partial charge in [-0.25, -0.2) is 13.8 Å². The fraction of sp³-hybridized carbons (Fsp3) is 0.393. The first kappa shape index (κ1) is 29.3. The van der Waals surface area contributed by atoms with Gasteiger partial charge in [-0.2, -0.15) is 0 Å². The van der Waals surface area contributed by atoms with Crippen LogP contribution in [0.25, 0.3) is 0 Å². The molecule has 2 heterocycles. The van der Waals surface area contributed by atoms with E-state index in [4.69, 9.17) is 34.0 Å². The maximum absolute atomic E-state index is 15.6. The van der Waals surface area contributed by atoms with E-state index in [9.17, 15) is 4.79 Å². The molecule has 0 aliphatic carbocycles. The number of nitrogens with zero attached hydrogens (tertiary/aromatic N) is 2. The zero-order valence-corrected chi connectivity index (χ0v) is 23.3. The Kier molecular flexibility index (Phi) is 8.58. The van der Waals surface area contributed by atoms with E-state index in [0.717, 1.165) is 6.07 Å². The second-order valence-corrected chi connectivity index (χ2v) is 11.8. The van der Waals surface area contributed by atoms with Gasteiger partial charge in [0.2, 0.25) is 5.91 Å². The molecule has 1 aromatic heterocycles. The van der Waals surface area contributed by atoms with Gasteiger partial charge in [-0.1, -0.05) is 62.2 Å².